The van der Waals surface area contributed by atoms with Crippen molar-refractivity contribution < 1.29 is 23.9 Å². The maximum atomic E-state index is 14.0. The van der Waals surface area contributed by atoms with Gasteiger partial charge in [-0.2, -0.15) is 0 Å². The highest BCUT2D eigenvalue weighted by Crippen LogP contribution is 2.51. The Labute approximate surface area is 208 Å². The average molecular weight is 478 g/mol. The zero-order valence-corrected chi connectivity index (χ0v) is 19.8. The molecule has 0 aromatic heterocycles. The van der Waals surface area contributed by atoms with Crippen molar-refractivity contribution in [3.05, 3.63) is 125 Å². The molecule has 0 radical (unpaired) electrons. The van der Waals surface area contributed by atoms with E-state index in [0.29, 0.717) is 17.1 Å². The summed E-state index contributed by atoms with van der Waals surface area (Å²) in [5.74, 6) is -0.132. The smallest absolute Gasteiger partial charge is 0.308 e. The van der Waals surface area contributed by atoms with E-state index in [-0.39, 0.29) is 5.91 Å². The van der Waals surface area contributed by atoms with Gasteiger partial charge >= 0.3 is 11.9 Å². The number of rotatable bonds is 5. The molecule has 5 rings (SSSR count). The standard InChI is InChI=1S/C30H23NO5/c1-20(32)35-25-16-12-22(13-17-25)30(23-14-18-26(19-15-23)36-21(2)33)28-11-7-6-10-27(28)29(34)31(30)24-8-4-3-5-9-24/h3-19H,1-2H3. The Bertz CT molecular complexity index is 1380. The van der Waals surface area contributed by atoms with E-state index in [0.717, 1.165) is 22.4 Å². The zero-order chi connectivity index (χ0) is 25.3. The third-order valence-electron chi connectivity index (χ3n) is 6.17. The number of ether oxygens (including phenoxy) is 2. The van der Waals surface area contributed by atoms with E-state index in [1.54, 1.807) is 29.2 Å². The van der Waals surface area contributed by atoms with E-state index >= 15 is 0 Å². The van der Waals surface area contributed by atoms with Gasteiger partial charge in [0.25, 0.3) is 5.91 Å². The highest BCUT2D eigenvalue weighted by atomic mass is 16.5. The summed E-state index contributed by atoms with van der Waals surface area (Å²) in [5.41, 5.74) is 2.72. The van der Waals surface area contributed by atoms with Gasteiger partial charge in [0.15, 0.2) is 0 Å². The van der Waals surface area contributed by atoms with Crippen LogP contribution in [0.15, 0.2) is 103 Å². The van der Waals surface area contributed by atoms with Crippen LogP contribution in [0.3, 0.4) is 0 Å². The second-order valence-corrected chi connectivity index (χ2v) is 8.47. The fraction of sp³-hybridized carbons (Fsp3) is 0.100. The number of carbonyl (C=O) groups is 3. The predicted octanol–water partition coefficient (Wildman–Crippen LogP) is 5.49. The Kier molecular flexibility index (Phi) is 5.86. The molecule has 6 heteroatoms. The molecule has 1 aliphatic heterocycles. The first-order valence-corrected chi connectivity index (χ1v) is 11.5. The summed E-state index contributed by atoms with van der Waals surface area (Å²) < 4.78 is 10.5. The van der Waals surface area contributed by atoms with Crippen molar-refractivity contribution in [2.24, 2.45) is 0 Å². The molecule has 0 bridgehead atoms. The van der Waals surface area contributed by atoms with Crippen LogP contribution in [0, 0.1) is 0 Å². The highest BCUT2D eigenvalue weighted by molar-refractivity contribution is 6.13. The van der Waals surface area contributed by atoms with Crippen LogP contribution in [0.1, 0.15) is 40.9 Å². The predicted molar refractivity (Wildman–Crippen MR) is 135 cm³/mol. The van der Waals surface area contributed by atoms with Crippen LogP contribution in [-0.4, -0.2) is 17.8 Å². The molecular weight excluding hydrogens is 454 g/mol. The molecule has 178 valence electrons. The molecule has 1 aliphatic rings. The number of esters is 2. The van der Waals surface area contributed by atoms with E-state index in [4.69, 9.17) is 9.47 Å². The first-order chi connectivity index (χ1) is 17.4. The Morgan fingerprint density at radius 2 is 1.11 bits per heavy atom. The van der Waals surface area contributed by atoms with Crippen molar-refractivity contribution in [2.75, 3.05) is 4.90 Å². The Morgan fingerprint density at radius 1 is 0.639 bits per heavy atom. The minimum Gasteiger partial charge on any atom is -0.427 e. The maximum Gasteiger partial charge on any atom is 0.308 e. The molecule has 0 unspecified atom stereocenters. The summed E-state index contributed by atoms with van der Waals surface area (Å²) in [6, 6.07) is 31.4. The molecule has 0 saturated carbocycles. The Balaban J connectivity index is 1.80. The summed E-state index contributed by atoms with van der Waals surface area (Å²) in [6.45, 7) is 2.70. The van der Waals surface area contributed by atoms with Crippen LogP contribution in [0.4, 0.5) is 5.69 Å². The molecule has 0 spiro atoms. The summed E-state index contributed by atoms with van der Waals surface area (Å²) in [4.78, 5) is 38.7. The quantitative estimate of drug-likeness (QED) is 0.281. The van der Waals surface area contributed by atoms with Crippen molar-refractivity contribution >= 4 is 23.5 Å². The molecule has 4 aromatic carbocycles. The van der Waals surface area contributed by atoms with Crippen molar-refractivity contribution in [3.63, 3.8) is 0 Å². The molecule has 0 N–H and O–H groups in total. The van der Waals surface area contributed by atoms with E-state index in [1.165, 1.54) is 13.8 Å². The maximum absolute atomic E-state index is 14.0. The molecule has 0 fully saturated rings. The molecule has 1 heterocycles. The zero-order valence-electron chi connectivity index (χ0n) is 19.8. The fourth-order valence-electron chi connectivity index (χ4n) is 4.86. The molecule has 0 atom stereocenters. The number of anilines is 1. The fourth-order valence-corrected chi connectivity index (χ4v) is 4.86. The van der Waals surface area contributed by atoms with Crippen LogP contribution < -0.4 is 14.4 Å². The van der Waals surface area contributed by atoms with Gasteiger partial charge in [-0.25, -0.2) is 0 Å². The number of benzene rings is 4. The number of carbonyl (C=O) groups excluding carboxylic acids is 3. The number of nitrogens with zero attached hydrogens (tertiary/aromatic N) is 1. The Hall–Kier alpha value is -4.71. The van der Waals surface area contributed by atoms with Gasteiger partial charge in [-0.05, 0) is 59.2 Å². The van der Waals surface area contributed by atoms with Gasteiger partial charge in [0.2, 0.25) is 0 Å². The lowest BCUT2D eigenvalue weighted by molar-refractivity contribution is -0.132. The third-order valence-corrected chi connectivity index (χ3v) is 6.17. The van der Waals surface area contributed by atoms with E-state index in [1.807, 2.05) is 78.9 Å². The summed E-state index contributed by atoms with van der Waals surface area (Å²) >= 11 is 0. The van der Waals surface area contributed by atoms with Crippen molar-refractivity contribution in [1.82, 2.24) is 0 Å². The normalized spacial score (nSPS) is 13.7. The van der Waals surface area contributed by atoms with Gasteiger partial charge < -0.3 is 9.47 Å². The van der Waals surface area contributed by atoms with Crippen LogP contribution >= 0.6 is 0 Å². The molecule has 4 aromatic rings. The summed E-state index contributed by atoms with van der Waals surface area (Å²) in [7, 11) is 0. The minimum absolute atomic E-state index is 0.134. The van der Waals surface area contributed by atoms with Gasteiger partial charge in [0, 0.05) is 25.1 Å². The SMILES string of the molecule is CC(=O)Oc1ccc(C2(c3ccc(OC(C)=O)cc3)c3ccccc3C(=O)N2c2ccccc2)cc1. The van der Waals surface area contributed by atoms with E-state index in [9.17, 15) is 14.4 Å². The third kappa shape index (κ3) is 3.82. The lowest BCUT2D eigenvalue weighted by Gasteiger charge is -2.40. The van der Waals surface area contributed by atoms with Gasteiger partial charge in [-0.1, -0.05) is 60.7 Å². The first-order valence-electron chi connectivity index (χ1n) is 11.5. The molecular formula is C30H23NO5. The van der Waals surface area contributed by atoms with Gasteiger partial charge in [-0.15, -0.1) is 0 Å². The number of fused-ring (bicyclic) bond motifs is 1. The second-order valence-electron chi connectivity index (χ2n) is 8.47. The van der Waals surface area contributed by atoms with Gasteiger partial charge in [0.1, 0.15) is 17.0 Å². The lowest BCUT2D eigenvalue weighted by Crippen LogP contribution is -2.46. The first kappa shape index (κ1) is 23.1. The van der Waals surface area contributed by atoms with Crippen molar-refractivity contribution in [2.45, 2.75) is 19.4 Å². The monoisotopic (exact) mass is 477 g/mol. The topological polar surface area (TPSA) is 72.9 Å². The molecule has 0 aliphatic carbocycles. The number of hydrogen-bond acceptors (Lipinski definition) is 5. The number of para-hydroxylation sites is 1. The largest absolute Gasteiger partial charge is 0.427 e. The van der Waals surface area contributed by atoms with E-state index in [2.05, 4.69) is 0 Å². The Morgan fingerprint density at radius 3 is 1.61 bits per heavy atom. The summed E-state index contributed by atoms with van der Waals surface area (Å²) in [6.07, 6.45) is 0. The number of amides is 1. The van der Waals surface area contributed by atoms with Crippen molar-refractivity contribution in [3.8, 4) is 11.5 Å². The van der Waals surface area contributed by atoms with Crippen LogP contribution in [-0.2, 0) is 15.1 Å². The lowest BCUT2D eigenvalue weighted by atomic mass is 9.76. The van der Waals surface area contributed by atoms with Crippen LogP contribution in [0.2, 0.25) is 0 Å². The second kappa shape index (κ2) is 9.15. The molecule has 36 heavy (non-hydrogen) atoms. The van der Waals surface area contributed by atoms with Crippen molar-refractivity contribution in [1.29, 1.82) is 0 Å². The average Bonchev–Trinajstić information content (AvgIpc) is 3.14. The van der Waals surface area contributed by atoms with Crippen LogP contribution in [0.25, 0.3) is 0 Å². The van der Waals surface area contributed by atoms with Crippen LogP contribution in [0.5, 0.6) is 11.5 Å². The van der Waals surface area contributed by atoms with Gasteiger partial charge in [0.05, 0.1) is 0 Å². The number of hydrogen-bond donors (Lipinski definition) is 0. The molecule has 6 nitrogen and oxygen atoms in total. The molecule has 1 amide bonds. The van der Waals surface area contributed by atoms with Gasteiger partial charge in [-0.3, -0.25) is 19.3 Å². The molecule has 0 saturated heterocycles. The minimum atomic E-state index is -1.03. The summed E-state index contributed by atoms with van der Waals surface area (Å²) in [5, 5.41) is 0. The van der Waals surface area contributed by atoms with E-state index < -0.39 is 17.5 Å². The highest BCUT2D eigenvalue weighted by Gasteiger charge is 2.52.